The number of aryl methyl sites for hydroxylation is 1. The van der Waals surface area contributed by atoms with Crippen molar-refractivity contribution in [3.63, 3.8) is 0 Å². The molecule has 0 aliphatic carbocycles. The van der Waals surface area contributed by atoms with Crippen LogP contribution in [0.5, 0.6) is 0 Å². The monoisotopic (exact) mass is 185 g/mol. The van der Waals surface area contributed by atoms with E-state index in [-0.39, 0.29) is 0 Å². The first-order valence-electron chi connectivity index (χ1n) is 4.58. The number of hydrogen-bond acceptors (Lipinski definition) is 1. The van der Waals surface area contributed by atoms with E-state index in [0.29, 0.717) is 0 Å². The van der Waals surface area contributed by atoms with Gasteiger partial charge in [0.25, 0.3) is 0 Å². The summed E-state index contributed by atoms with van der Waals surface area (Å²) in [5, 5.41) is 1.12. The molecule has 0 spiro atoms. The van der Waals surface area contributed by atoms with Gasteiger partial charge in [0.1, 0.15) is 5.82 Å². The second kappa shape index (κ2) is 2.32. The minimum Gasteiger partial charge on any atom is -0.385 e. The highest BCUT2D eigenvalue weighted by Gasteiger charge is 2.07. The Bertz CT molecular complexity index is 616. The van der Waals surface area contributed by atoms with Crippen LogP contribution in [0.1, 0.15) is 0 Å². The van der Waals surface area contributed by atoms with Crippen LogP contribution in [0.4, 0.5) is 5.82 Å². The van der Waals surface area contributed by atoms with Crippen LogP contribution >= 0.6 is 0 Å². The van der Waals surface area contributed by atoms with E-state index in [2.05, 4.69) is 28.9 Å². The molecule has 3 rings (SSSR count). The Balaban J connectivity index is 2.60. The van der Waals surface area contributed by atoms with Crippen molar-refractivity contribution in [3.05, 3.63) is 36.7 Å². The van der Waals surface area contributed by atoms with Gasteiger partial charge < -0.3 is 14.7 Å². The summed E-state index contributed by atoms with van der Waals surface area (Å²) in [7, 11) is 1.96. The summed E-state index contributed by atoms with van der Waals surface area (Å²) in [6.45, 7) is 0. The Morgan fingerprint density at radius 1 is 1.29 bits per heavy atom. The molecule has 0 aliphatic rings. The average molecular weight is 185 g/mol. The number of anilines is 1. The summed E-state index contributed by atoms with van der Waals surface area (Å²) >= 11 is 0. The number of nitrogens with two attached hydrogens (primary N) is 1. The molecule has 0 bridgehead atoms. The zero-order valence-corrected chi connectivity index (χ0v) is 7.94. The molecule has 3 aromatic rings. The van der Waals surface area contributed by atoms with Gasteiger partial charge in [0.2, 0.25) is 0 Å². The maximum atomic E-state index is 5.95. The van der Waals surface area contributed by atoms with Crippen molar-refractivity contribution in [3.8, 4) is 0 Å². The first-order chi connectivity index (χ1) is 6.77. The van der Waals surface area contributed by atoms with Crippen molar-refractivity contribution in [2.24, 2.45) is 7.05 Å². The zero-order chi connectivity index (χ0) is 9.71. The largest absolute Gasteiger partial charge is 0.385 e. The first kappa shape index (κ1) is 7.50. The van der Waals surface area contributed by atoms with Gasteiger partial charge in [0, 0.05) is 30.3 Å². The van der Waals surface area contributed by atoms with Crippen LogP contribution in [0.2, 0.25) is 0 Å². The number of pyridine rings is 1. The van der Waals surface area contributed by atoms with Crippen molar-refractivity contribution in [2.75, 3.05) is 5.73 Å². The van der Waals surface area contributed by atoms with Gasteiger partial charge in [-0.3, -0.25) is 0 Å². The third-order valence-electron chi connectivity index (χ3n) is 2.69. The van der Waals surface area contributed by atoms with Crippen molar-refractivity contribution in [2.45, 2.75) is 0 Å². The van der Waals surface area contributed by atoms with Crippen molar-refractivity contribution >= 4 is 22.2 Å². The highest BCUT2D eigenvalue weighted by Crippen LogP contribution is 2.26. The van der Waals surface area contributed by atoms with Crippen LogP contribution in [-0.4, -0.2) is 8.97 Å². The molecule has 14 heavy (non-hydrogen) atoms. The summed E-state index contributed by atoms with van der Waals surface area (Å²) in [5.74, 6) is 0.823. The molecule has 0 atom stereocenters. The van der Waals surface area contributed by atoms with Crippen LogP contribution in [-0.2, 0) is 7.05 Å². The molecule has 70 valence electrons. The van der Waals surface area contributed by atoms with Gasteiger partial charge in [-0.1, -0.05) is 6.07 Å². The standard InChI is InChI=1S/C11H11N3/c1-13-7-10-9(11(13)12)6-8-4-2-3-5-14(8)10/h2-7H,12H2,1H3. The third kappa shape index (κ3) is 0.763. The Labute approximate surface area is 81.4 Å². The van der Waals surface area contributed by atoms with Gasteiger partial charge in [-0.15, -0.1) is 0 Å². The highest BCUT2D eigenvalue weighted by atomic mass is 15.0. The van der Waals surface area contributed by atoms with Crippen LogP contribution in [0.3, 0.4) is 0 Å². The van der Waals surface area contributed by atoms with Gasteiger partial charge in [0.15, 0.2) is 0 Å². The Hall–Kier alpha value is -1.90. The maximum Gasteiger partial charge on any atom is 0.112 e. The van der Waals surface area contributed by atoms with E-state index in [1.165, 1.54) is 11.0 Å². The van der Waals surface area contributed by atoms with Gasteiger partial charge >= 0.3 is 0 Å². The highest BCUT2D eigenvalue weighted by molar-refractivity contribution is 5.95. The molecule has 0 radical (unpaired) electrons. The van der Waals surface area contributed by atoms with Gasteiger partial charge in [0.05, 0.1) is 5.52 Å². The lowest BCUT2D eigenvalue weighted by atomic mass is 10.3. The molecule has 0 aliphatic heterocycles. The van der Waals surface area contributed by atoms with E-state index in [1.807, 2.05) is 23.7 Å². The van der Waals surface area contributed by atoms with Gasteiger partial charge in [-0.05, 0) is 18.2 Å². The van der Waals surface area contributed by atoms with E-state index in [9.17, 15) is 0 Å². The lowest BCUT2D eigenvalue weighted by molar-refractivity contribution is 0.943. The lowest BCUT2D eigenvalue weighted by Crippen LogP contribution is -1.93. The fourth-order valence-corrected chi connectivity index (χ4v) is 1.92. The van der Waals surface area contributed by atoms with Gasteiger partial charge in [-0.2, -0.15) is 0 Å². The fraction of sp³-hybridized carbons (Fsp3) is 0.0909. The number of hydrogen-bond donors (Lipinski definition) is 1. The predicted octanol–water partition coefficient (Wildman–Crippen LogP) is 2.01. The molecule has 0 saturated heterocycles. The lowest BCUT2D eigenvalue weighted by Gasteiger charge is -1.94. The van der Waals surface area contributed by atoms with Gasteiger partial charge in [-0.25, -0.2) is 0 Å². The van der Waals surface area contributed by atoms with E-state index in [1.54, 1.807) is 0 Å². The molecule has 3 heteroatoms. The number of aromatic nitrogens is 2. The molecule has 0 unspecified atom stereocenters. The minimum absolute atomic E-state index is 0.823. The summed E-state index contributed by atoms with van der Waals surface area (Å²) in [4.78, 5) is 0. The zero-order valence-electron chi connectivity index (χ0n) is 7.94. The Morgan fingerprint density at radius 2 is 2.14 bits per heavy atom. The third-order valence-corrected chi connectivity index (χ3v) is 2.69. The van der Waals surface area contributed by atoms with Crippen LogP contribution in [0.15, 0.2) is 36.7 Å². The van der Waals surface area contributed by atoms with Crippen LogP contribution in [0, 0.1) is 0 Å². The van der Waals surface area contributed by atoms with Crippen molar-refractivity contribution in [1.29, 1.82) is 0 Å². The minimum atomic E-state index is 0.823. The Morgan fingerprint density at radius 3 is 3.00 bits per heavy atom. The summed E-state index contributed by atoms with van der Waals surface area (Å²) in [5.41, 5.74) is 8.30. The van der Waals surface area contributed by atoms with Crippen LogP contribution in [0.25, 0.3) is 16.4 Å². The van der Waals surface area contributed by atoms with Crippen molar-refractivity contribution in [1.82, 2.24) is 8.97 Å². The number of rotatable bonds is 0. The SMILES string of the molecule is Cn1cc2c(cc3ccccn32)c1N. The molecular formula is C11H11N3. The van der Waals surface area contributed by atoms with E-state index < -0.39 is 0 Å². The van der Waals surface area contributed by atoms with Crippen LogP contribution < -0.4 is 5.73 Å². The van der Waals surface area contributed by atoms with Crippen molar-refractivity contribution < 1.29 is 0 Å². The van der Waals surface area contributed by atoms with E-state index >= 15 is 0 Å². The smallest absolute Gasteiger partial charge is 0.112 e. The topological polar surface area (TPSA) is 35.4 Å². The van der Waals surface area contributed by atoms with E-state index in [0.717, 1.165) is 11.2 Å². The second-order valence-corrected chi connectivity index (χ2v) is 3.56. The molecule has 3 nitrogen and oxygen atoms in total. The summed E-state index contributed by atoms with van der Waals surface area (Å²) in [6, 6.07) is 8.25. The average Bonchev–Trinajstić information content (AvgIpc) is 2.67. The number of nitrogen functional groups attached to an aromatic ring is 1. The molecule has 0 amide bonds. The number of fused-ring (bicyclic) bond motifs is 3. The number of nitrogens with zero attached hydrogens (tertiary/aromatic N) is 2. The molecule has 0 aromatic carbocycles. The predicted molar refractivity (Wildman–Crippen MR) is 58.3 cm³/mol. The second-order valence-electron chi connectivity index (χ2n) is 3.56. The summed E-state index contributed by atoms with van der Waals surface area (Å²) < 4.78 is 4.09. The molecule has 2 N–H and O–H groups in total. The molecular weight excluding hydrogens is 174 g/mol. The quantitative estimate of drug-likeness (QED) is 0.571. The Kier molecular flexibility index (Phi) is 1.24. The summed E-state index contributed by atoms with van der Waals surface area (Å²) in [6.07, 6.45) is 4.11. The first-order valence-corrected chi connectivity index (χ1v) is 4.58. The van der Waals surface area contributed by atoms with E-state index in [4.69, 9.17) is 5.73 Å². The maximum absolute atomic E-state index is 5.95. The molecule has 0 fully saturated rings. The molecule has 3 aromatic heterocycles. The molecule has 0 saturated carbocycles. The molecule has 3 heterocycles. The fourth-order valence-electron chi connectivity index (χ4n) is 1.92. The normalized spacial score (nSPS) is 11.5.